The second-order valence-corrected chi connectivity index (χ2v) is 5.03. The molecule has 3 rings (SSSR count). The van der Waals surface area contributed by atoms with Gasteiger partial charge in [-0.1, -0.05) is 23.7 Å². The number of halogens is 1. The first kappa shape index (κ1) is 11.0. The number of fused-ring (bicyclic) bond motifs is 1. The van der Waals surface area contributed by atoms with Crippen LogP contribution in [0.2, 0.25) is 5.02 Å². The number of anilines is 1. The number of para-hydroxylation sites is 1. The van der Waals surface area contributed by atoms with E-state index in [1.54, 1.807) is 11.0 Å². The Kier molecular flexibility index (Phi) is 2.56. The highest BCUT2D eigenvalue weighted by Crippen LogP contribution is 2.34. The minimum absolute atomic E-state index is 0.0561. The van der Waals surface area contributed by atoms with E-state index in [0.29, 0.717) is 15.8 Å². The van der Waals surface area contributed by atoms with Crippen LogP contribution in [0.5, 0.6) is 0 Å². The number of nitrogens with zero attached hydrogens (tertiary/aromatic N) is 2. The van der Waals surface area contributed by atoms with E-state index in [1.165, 1.54) is 0 Å². The summed E-state index contributed by atoms with van der Waals surface area (Å²) in [6, 6.07) is 7.24. The standard InChI is InChI=1S/C12H11ClN2OS/c13-8-4-1-2-5-9(8)15-11(16)10-6-3-7-14(10)12(15)17/h1-2,4-5,10H,3,6-7H2. The Bertz CT molecular complexity index is 483. The normalized spacial score (nSPS) is 23.5. The zero-order chi connectivity index (χ0) is 12.0. The fourth-order valence-corrected chi connectivity index (χ4v) is 3.11. The van der Waals surface area contributed by atoms with Gasteiger partial charge in [-0.25, -0.2) is 0 Å². The van der Waals surface area contributed by atoms with Crippen LogP contribution in [0.3, 0.4) is 0 Å². The molecule has 0 radical (unpaired) electrons. The SMILES string of the molecule is O=C1C2CCCN2C(=S)N1c1ccccc1Cl. The van der Waals surface area contributed by atoms with Gasteiger partial charge in [0.2, 0.25) is 0 Å². The van der Waals surface area contributed by atoms with Crippen LogP contribution in [0.25, 0.3) is 0 Å². The summed E-state index contributed by atoms with van der Waals surface area (Å²) in [6.07, 6.45) is 1.92. The summed E-state index contributed by atoms with van der Waals surface area (Å²) in [7, 11) is 0. The second-order valence-electron chi connectivity index (χ2n) is 4.26. The molecule has 2 heterocycles. The van der Waals surface area contributed by atoms with Crippen LogP contribution in [-0.4, -0.2) is 28.5 Å². The zero-order valence-corrected chi connectivity index (χ0v) is 10.7. The van der Waals surface area contributed by atoms with Crippen LogP contribution >= 0.6 is 23.8 Å². The van der Waals surface area contributed by atoms with E-state index < -0.39 is 0 Å². The number of hydrogen-bond donors (Lipinski definition) is 0. The number of amides is 1. The van der Waals surface area contributed by atoms with Gasteiger partial charge in [-0.3, -0.25) is 9.69 Å². The lowest BCUT2D eigenvalue weighted by Crippen LogP contribution is -2.32. The zero-order valence-electron chi connectivity index (χ0n) is 9.10. The van der Waals surface area contributed by atoms with Crippen molar-refractivity contribution in [2.24, 2.45) is 0 Å². The predicted molar refractivity (Wildman–Crippen MR) is 71.3 cm³/mol. The Morgan fingerprint density at radius 3 is 2.82 bits per heavy atom. The van der Waals surface area contributed by atoms with Crippen LogP contribution in [0, 0.1) is 0 Å². The molecule has 2 aliphatic rings. The summed E-state index contributed by atoms with van der Waals surface area (Å²) in [5.41, 5.74) is 0.693. The van der Waals surface area contributed by atoms with Crippen LogP contribution in [0.15, 0.2) is 24.3 Å². The topological polar surface area (TPSA) is 23.6 Å². The van der Waals surface area contributed by atoms with Gasteiger partial charge in [0.15, 0.2) is 5.11 Å². The third-order valence-corrected chi connectivity index (χ3v) is 4.03. The molecule has 0 aliphatic carbocycles. The van der Waals surface area contributed by atoms with Crippen molar-refractivity contribution >= 4 is 40.5 Å². The monoisotopic (exact) mass is 266 g/mol. The molecule has 5 heteroatoms. The van der Waals surface area contributed by atoms with E-state index in [1.807, 2.05) is 23.1 Å². The van der Waals surface area contributed by atoms with E-state index >= 15 is 0 Å². The molecule has 17 heavy (non-hydrogen) atoms. The summed E-state index contributed by atoms with van der Waals surface area (Å²) < 4.78 is 0. The highest BCUT2D eigenvalue weighted by molar-refractivity contribution is 7.80. The van der Waals surface area contributed by atoms with Crippen LogP contribution in [0.4, 0.5) is 5.69 Å². The van der Waals surface area contributed by atoms with E-state index in [-0.39, 0.29) is 11.9 Å². The van der Waals surface area contributed by atoms with Crippen molar-refractivity contribution in [1.29, 1.82) is 0 Å². The van der Waals surface area contributed by atoms with Crippen molar-refractivity contribution in [3.63, 3.8) is 0 Å². The molecule has 0 N–H and O–H groups in total. The molecule has 2 saturated heterocycles. The molecule has 1 aromatic carbocycles. The van der Waals surface area contributed by atoms with E-state index in [0.717, 1.165) is 19.4 Å². The molecule has 1 atom stereocenters. The lowest BCUT2D eigenvalue weighted by atomic mass is 10.2. The summed E-state index contributed by atoms with van der Waals surface area (Å²) in [5, 5.41) is 1.15. The molecule has 0 spiro atoms. The van der Waals surface area contributed by atoms with E-state index in [9.17, 15) is 4.79 Å². The summed E-state index contributed by atoms with van der Waals surface area (Å²) in [6.45, 7) is 0.871. The Labute approximate surface area is 110 Å². The lowest BCUT2D eigenvalue weighted by molar-refractivity contribution is -0.119. The molecular formula is C12H11ClN2OS. The fraction of sp³-hybridized carbons (Fsp3) is 0.333. The smallest absolute Gasteiger partial charge is 0.256 e. The molecule has 3 nitrogen and oxygen atoms in total. The number of rotatable bonds is 1. The quantitative estimate of drug-likeness (QED) is 0.730. The summed E-state index contributed by atoms with van der Waals surface area (Å²) >= 11 is 11.5. The van der Waals surface area contributed by atoms with Gasteiger partial charge in [-0.2, -0.15) is 0 Å². The maximum atomic E-state index is 12.3. The molecule has 0 bridgehead atoms. The first-order valence-electron chi connectivity index (χ1n) is 5.59. The van der Waals surface area contributed by atoms with Crippen molar-refractivity contribution in [2.45, 2.75) is 18.9 Å². The van der Waals surface area contributed by atoms with E-state index in [2.05, 4.69) is 0 Å². The molecule has 2 fully saturated rings. The molecule has 0 aromatic heterocycles. The summed E-state index contributed by atoms with van der Waals surface area (Å²) in [5.74, 6) is 0.0561. The first-order chi connectivity index (χ1) is 8.20. The first-order valence-corrected chi connectivity index (χ1v) is 6.38. The molecule has 1 aromatic rings. The minimum Gasteiger partial charge on any atom is -0.336 e. The average molecular weight is 267 g/mol. The van der Waals surface area contributed by atoms with E-state index in [4.69, 9.17) is 23.8 Å². The Morgan fingerprint density at radius 2 is 2.12 bits per heavy atom. The van der Waals surface area contributed by atoms with Gasteiger partial charge >= 0.3 is 0 Å². The van der Waals surface area contributed by atoms with Gasteiger partial charge in [0.05, 0.1) is 10.7 Å². The highest BCUT2D eigenvalue weighted by atomic mass is 35.5. The lowest BCUT2D eigenvalue weighted by Gasteiger charge is -2.19. The number of carbonyl (C=O) groups is 1. The molecule has 1 amide bonds. The summed E-state index contributed by atoms with van der Waals surface area (Å²) in [4.78, 5) is 15.9. The van der Waals surface area contributed by atoms with Gasteiger partial charge in [-0.05, 0) is 37.2 Å². The Balaban J connectivity index is 2.03. The minimum atomic E-state index is -0.0706. The molecule has 0 saturated carbocycles. The van der Waals surface area contributed by atoms with Crippen molar-refractivity contribution in [1.82, 2.24) is 4.90 Å². The van der Waals surface area contributed by atoms with Crippen LogP contribution < -0.4 is 4.90 Å². The molecular weight excluding hydrogens is 256 g/mol. The van der Waals surface area contributed by atoms with Gasteiger partial charge in [0, 0.05) is 6.54 Å². The van der Waals surface area contributed by atoms with Gasteiger partial charge in [0.1, 0.15) is 6.04 Å². The van der Waals surface area contributed by atoms with Crippen LogP contribution in [0.1, 0.15) is 12.8 Å². The number of thiocarbonyl (C=S) groups is 1. The maximum Gasteiger partial charge on any atom is 0.256 e. The predicted octanol–water partition coefficient (Wildman–Crippen LogP) is 2.44. The number of carbonyl (C=O) groups excluding carboxylic acids is 1. The van der Waals surface area contributed by atoms with Gasteiger partial charge < -0.3 is 4.90 Å². The third-order valence-electron chi connectivity index (χ3n) is 3.29. The van der Waals surface area contributed by atoms with Crippen molar-refractivity contribution in [3.05, 3.63) is 29.3 Å². The molecule has 1 unspecified atom stereocenters. The fourth-order valence-electron chi connectivity index (χ4n) is 2.48. The Hall–Kier alpha value is -1.13. The van der Waals surface area contributed by atoms with Crippen molar-refractivity contribution in [3.8, 4) is 0 Å². The maximum absolute atomic E-state index is 12.3. The van der Waals surface area contributed by atoms with Crippen molar-refractivity contribution in [2.75, 3.05) is 11.4 Å². The Morgan fingerprint density at radius 1 is 1.35 bits per heavy atom. The molecule has 88 valence electrons. The third kappa shape index (κ3) is 1.55. The number of hydrogen-bond acceptors (Lipinski definition) is 2. The average Bonchev–Trinajstić information content (AvgIpc) is 2.87. The second kappa shape index (κ2) is 3.96. The van der Waals surface area contributed by atoms with Crippen LogP contribution in [-0.2, 0) is 4.79 Å². The highest BCUT2D eigenvalue weighted by Gasteiger charge is 2.45. The largest absolute Gasteiger partial charge is 0.336 e. The number of benzene rings is 1. The van der Waals surface area contributed by atoms with Gasteiger partial charge in [-0.15, -0.1) is 0 Å². The molecule has 2 aliphatic heterocycles. The van der Waals surface area contributed by atoms with Gasteiger partial charge in [0.25, 0.3) is 5.91 Å². The van der Waals surface area contributed by atoms with Crippen molar-refractivity contribution < 1.29 is 4.79 Å².